The molecule has 0 spiro atoms. The van der Waals surface area contributed by atoms with Crippen LogP contribution in [0.4, 0.5) is 18.9 Å². The fraction of sp³-hybridized carbons (Fsp3) is 0.353. The second-order valence-electron chi connectivity index (χ2n) is 5.63. The van der Waals surface area contributed by atoms with E-state index in [4.69, 9.17) is 0 Å². The third kappa shape index (κ3) is 4.62. The zero-order valence-electron chi connectivity index (χ0n) is 14.5. The molecular formula is C17H18F3N3O3. The third-order valence-corrected chi connectivity index (χ3v) is 3.60. The van der Waals surface area contributed by atoms with Crippen LogP contribution in [0.2, 0.25) is 0 Å². The molecule has 26 heavy (non-hydrogen) atoms. The summed E-state index contributed by atoms with van der Waals surface area (Å²) in [6, 6.07) is 2.60. The number of ketones is 1. The number of alkyl halides is 3. The lowest BCUT2D eigenvalue weighted by atomic mass is 10.0. The summed E-state index contributed by atoms with van der Waals surface area (Å²) < 4.78 is 40.8. The first-order chi connectivity index (χ1) is 12.1. The van der Waals surface area contributed by atoms with Gasteiger partial charge in [-0.1, -0.05) is 6.92 Å². The van der Waals surface area contributed by atoms with E-state index >= 15 is 0 Å². The minimum absolute atomic E-state index is 0.137. The minimum atomic E-state index is -4.45. The Labute approximate surface area is 147 Å². The van der Waals surface area contributed by atoms with Crippen molar-refractivity contribution in [2.45, 2.75) is 33.4 Å². The number of amides is 1. The molecular weight excluding hydrogens is 351 g/mol. The molecule has 2 heterocycles. The molecule has 2 N–H and O–H groups in total. The number of Topliss-reactive ketones (excluding diaryl/α,β-unsaturated/α-hetero) is 1. The van der Waals surface area contributed by atoms with E-state index in [0.717, 1.165) is 0 Å². The molecule has 140 valence electrons. The van der Waals surface area contributed by atoms with Crippen LogP contribution in [0.3, 0.4) is 0 Å². The molecule has 0 aliphatic rings. The first-order valence-corrected chi connectivity index (χ1v) is 7.81. The molecule has 0 saturated heterocycles. The van der Waals surface area contributed by atoms with Crippen molar-refractivity contribution in [3.63, 3.8) is 0 Å². The van der Waals surface area contributed by atoms with Gasteiger partial charge in [0.15, 0.2) is 12.4 Å². The van der Waals surface area contributed by atoms with E-state index in [1.54, 1.807) is 6.92 Å². The standard InChI is InChI=1S/C17H18F3N3O3/c1-4-12-14(10(3)24)9(2)22-15(12)16(25)23-11-5-6-13(21-7-11)26-8-17(18,19)20/h5-7,22H,4,8H2,1-3H3,(H,23,25). The lowest BCUT2D eigenvalue weighted by molar-refractivity contribution is -0.154. The van der Waals surface area contributed by atoms with Gasteiger partial charge in [0.1, 0.15) is 5.69 Å². The van der Waals surface area contributed by atoms with Gasteiger partial charge in [0.2, 0.25) is 5.88 Å². The van der Waals surface area contributed by atoms with Crippen molar-refractivity contribution in [3.8, 4) is 5.88 Å². The van der Waals surface area contributed by atoms with Gasteiger partial charge >= 0.3 is 6.18 Å². The van der Waals surface area contributed by atoms with Gasteiger partial charge in [0.05, 0.1) is 11.9 Å². The number of aromatic amines is 1. The Morgan fingerprint density at radius 2 is 2.00 bits per heavy atom. The van der Waals surface area contributed by atoms with E-state index in [0.29, 0.717) is 23.2 Å². The Balaban J connectivity index is 2.13. The summed E-state index contributed by atoms with van der Waals surface area (Å²) in [5.41, 5.74) is 2.27. The van der Waals surface area contributed by atoms with Gasteiger partial charge in [-0.15, -0.1) is 0 Å². The number of H-pyrrole nitrogens is 1. The second kappa shape index (κ2) is 7.59. The largest absolute Gasteiger partial charge is 0.468 e. The molecule has 9 heteroatoms. The normalized spacial score (nSPS) is 11.3. The molecule has 0 radical (unpaired) electrons. The van der Waals surface area contributed by atoms with Crippen molar-refractivity contribution in [3.05, 3.63) is 40.8 Å². The van der Waals surface area contributed by atoms with Crippen LogP contribution in [0.5, 0.6) is 5.88 Å². The van der Waals surface area contributed by atoms with E-state index in [-0.39, 0.29) is 23.0 Å². The van der Waals surface area contributed by atoms with Crippen LogP contribution >= 0.6 is 0 Å². The molecule has 0 unspecified atom stereocenters. The Hall–Kier alpha value is -2.84. The fourth-order valence-electron chi connectivity index (χ4n) is 2.59. The summed E-state index contributed by atoms with van der Waals surface area (Å²) in [4.78, 5) is 30.8. The number of pyridine rings is 1. The van der Waals surface area contributed by atoms with E-state index in [1.807, 2.05) is 6.92 Å². The number of carbonyl (C=O) groups excluding carboxylic acids is 2. The number of hydrogen-bond donors (Lipinski definition) is 2. The van der Waals surface area contributed by atoms with Gasteiger partial charge in [-0.05, 0) is 31.9 Å². The van der Waals surface area contributed by atoms with E-state index in [2.05, 4.69) is 20.0 Å². The van der Waals surface area contributed by atoms with E-state index in [1.165, 1.54) is 25.3 Å². The summed E-state index contributed by atoms with van der Waals surface area (Å²) in [5.74, 6) is -0.810. The quantitative estimate of drug-likeness (QED) is 0.761. The summed E-state index contributed by atoms with van der Waals surface area (Å²) in [7, 11) is 0. The molecule has 0 aliphatic heterocycles. The number of hydrogen-bond acceptors (Lipinski definition) is 4. The highest BCUT2D eigenvalue weighted by molar-refractivity contribution is 6.07. The molecule has 0 bridgehead atoms. The van der Waals surface area contributed by atoms with Gasteiger partial charge in [-0.3, -0.25) is 9.59 Å². The zero-order chi connectivity index (χ0) is 19.5. The second-order valence-corrected chi connectivity index (χ2v) is 5.63. The molecule has 2 rings (SSSR count). The van der Waals surface area contributed by atoms with Gasteiger partial charge in [0, 0.05) is 17.3 Å². The first kappa shape index (κ1) is 19.5. The van der Waals surface area contributed by atoms with E-state index in [9.17, 15) is 22.8 Å². The Morgan fingerprint density at radius 1 is 1.31 bits per heavy atom. The van der Waals surface area contributed by atoms with E-state index < -0.39 is 18.7 Å². The molecule has 2 aromatic rings. The minimum Gasteiger partial charge on any atom is -0.468 e. The molecule has 0 aliphatic carbocycles. The molecule has 6 nitrogen and oxygen atoms in total. The average molecular weight is 369 g/mol. The highest BCUT2D eigenvalue weighted by Gasteiger charge is 2.28. The number of nitrogens with zero attached hydrogens (tertiary/aromatic N) is 1. The zero-order valence-corrected chi connectivity index (χ0v) is 14.5. The van der Waals surface area contributed by atoms with Crippen molar-refractivity contribution < 1.29 is 27.5 Å². The molecule has 0 fully saturated rings. The van der Waals surface area contributed by atoms with Crippen LogP contribution < -0.4 is 10.1 Å². The summed E-state index contributed by atoms with van der Waals surface area (Å²) in [6.07, 6.45) is -2.77. The van der Waals surface area contributed by atoms with Crippen molar-refractivity contribution >= 4 is 17.4 Å². The van der Waals surface area contributed by atoms with Crippen molar-refractivity contribution in [1.29, 1.82) is 0 Å². The van der Waals surface area contributed by atoms with Crippen LogP contribution in [-0.4, -0.2) is 34.4 Å². The van der Waals surface area contributed by atoms with Crippen molar-refractivity contribution in [2.75, 3.05) is 11.9 Å². The van der Waals surface area contributed by atoms with Crippen LogP contribution in [-0.2, 0) is 6.42 Å². The number of rotatable bonds is 6. The van der Waals surface area contributed by atoms with Gasteiger partial charge in [-0.2, -0.15) is 13.2 Å². The van der Waals surface area contributed by atoms with Crippen molar-refractivity contribution in [2.24, 2.45) is 0 Å². The number of nitrogens with one attached hydrogen (secondary N) is 2. The number of anilines is 1. The lowest BCUT2D eigenvalue weighted by Gasteiger charge is -2.09. The SMILES string of the molecule is CCc1c(C(=O)Nc2ccc(OCC(F)(F)F)nc2)[nH]c(C)c1C(C)=O. The van der Waals surface area contributed by atoms with Crippen LogP contribution in [0.15, 0.2) is 18.3 Å². The molecule has 2 aromatic heterocycles. The highest BCUT2D eigenvalue weighted by atomic mass is 19.4. The Morgan fingerprint density at radius 3 is 2.50 bits per heavy atom. The summed E-state index contributed by atoms with van der Waals surface area (Å²) in [6.45, 7) is 3.53. The highest BCUT2D eigenvalue weighted by Crippen LogP contribution is 2.22. The monoisotopic (exact) mass is 369 g/mol. The topological polar surface area (TPSA) is 84.1 Å². The maximum absolute atomic E-state index is 12.5. The lowest BCUT2D eigenvalue weighted by Crippen LogP contribution is -2.19. The molecule has 0 aromatic carbocycles. The van der Waals surface area contributed by atoms with Gasteiger partial charge in [-0.25, -0.2) is 4.98 Å². The number of ether oxygens (including phenoxy) is 1. The summed E-state index contributed by atoms with van der Waals surface area (Å²) >= 11 is 0. The summed E-state index contributed by atoms with van der Waals surface area (Å²) in [5, 5.41) is 2.59. The third-order valence-electron chi connectivity index (χ3n) is 3.60. The van der Waals surface area contributed by atoms with Gasteiger partial charge < -0.3 is 15.0 Å². The fourth-order valence-corrected chi connectivity index (χ4v) is 2.59. The van der Waals surface area contributed by atoms with Crippen molar-refractivity contribution in [1.82, 2.24) is 9.97 Å². The number of halogens is 3. The predicted molar refractivity (Wildman–Crippen MR) is 88.7 cm³/mol. The number of aryl methyl sites for hydroxylation is 1. The first-order valence-electron chi connectivity index (χ1n) is 7.81. The molecule has 0 saturated carbocycles. The molecule has 0 atom stereocenters. The maximum Gasteiger partial charge on any atom is 0.422 e. The number of carbonyl (C=O) groups is 2. The van der Waals surface area contributed by atoms with Crippen LogP contribution in [0, 0.1) is 6.92 Å². The maximum atomic E-state index is 12.5. The number of aromatic nitrogens is 2. The Bertz CT molecular complexity index is 811. The average Bonchev–Trinajstić information content (AvgIpc) is 2.90. The van der Waals surface area contributed by atoms with Crippen LogP contribution in [0.25, 0.3) is 0 Å². The predicted octanol–water partition coefficient (Wildman–Crippen LogP) is 3.68. The van der Waals surface area contributed by atoms with Gasteiger partial charge in [0.25, 0.3) is 5.91 Å². The molecule has 1 amide bonds. The van der Waals surface area contributed by atoms with Crippen LogP contribution in [0.1, 0.15) is 46.0 Å². The Kier molecular flexibility index (Phi) is 5.69. The smallest absolute Gasteiger partial charge is 0.422 e.